The summed E-state index contributed by atoms with van der Waals surface area (Å²) >= 11 is 0. The molecule has 0 aromatic heterocycles. The molecule has 1 heterocycles. The van der Waals surface area contributed by atoms with Gasteiger partial charge in [0, 0.05) is 17.7 Å². The summed E-state index contributed by atoms with van der Waals surface area (Å²) in [7, 11) is 1.46. The number of hydrogen-bond donors (Lipinski definition) is 1. The Morgan fingerprint density at radius 2 is 1.96 bits per heavy atom. The van der Waals surface area contributed by atoms with E-state index in [0.717, 1.165) is 12.0 Å². The number of benzene rings is 2. The summed E-state index contributed by atoms with van der Waals surface area (Å²) in [5.74, 6) is 0.997. The van der Waals surface area contributed by atoms with Crippen LogP contribution in [0.1, 0.15) is 40.6 Å². The molecule has 1 N–H and O–H groups in total. The summed E-state index contributed by atoms with van der Waals surface area (Å²) in [6.07, 6.45) is 5.50. The number of hydrogen-bond acceptors (Lipinski definition) is 4. The fraction of sp³-hybridized carbons (Fsp3) is 0.333. The molecule has 134 valence electrons. The van der Waals surface area contributed by atoms with Gasteiger partial charge < -0.3 is 10.1 Å². The van der Waals surface area contributed by atoms with Gasteiger partial charge in [-0.25, -0.2) is 0 Å². The third kappa shape index (κ3) is 2.46. The Hall–Kier alpha value is -2.82. The lowest BCUT2D eigenvalue weighted by Crippen LogP contribution is -2.30. The van der Waals surface area contributed by atoms with Crippen molar-refractivity contribution >= 4 is 11.4 Å². The molecule has 5 nitrogen and oxygen atoms in total. The lowest BCUT2D eigenvalue weighted by Gasteiger charge is -2.39. The number of rotatable bonds is 3. The summed E-state index contributed by atoms with van der Waals surface area (Å²) in [6, 6.07) is 9.64. The summed E-state index contributed by atoms with van der Waals surface area (Å²) in [6.45, 7) is 4.26. The molecule has 2 aliphatic rings. The smallest absolute Gasteiger partial charge is 0.311 e. The molecule has 0 bridgehead atoms. The van der Waals surface area contributed by atoms with E-state index in [1.165, 1.54) is 29.5 Å². The van der Waals surface area contributed by atoms with Gasteiger partial charge in [0.1, 0.15) is 0 Å². The molecule has 3 atom stereocenters. The van der Waals surface area contributed by atoms with Crippen molar-refractivity contribution in [2.45, 2.75) is 32.2 Å². The Bertz CT molecular complexity index is 920. The van der Waals surface area contributed by atoms with Gasteiger partial charge in [-0.05, 0) is 54.5 Å². The number of fused-ring (bicyclic) bond motifs is 3. The standard InChI is InChI=1S/C21H22N2O3/c1-12-7-8-13(2)20-19(12)15-5-4-6-16(15)21(22-20)14-9-10-18(26-3)17(11-14)23(24)25/h4-5,7-11,15-16,21-22H,6H2,1-3H3/t15-,16+,21-/m0/s1. The van der Waals surface area contributed by atoms with E-state index < -0.39 is 0 Å². The van der Waals surface area contributed by atoms with E-state index in [2.05, 4.69) is 43.4 Å². The highest BCUT2D eigenvalue weighted by Gasteiger charge is 2.39. The topological polar surface area (TPSA) is 64.4 Å². The van der Waals surface area contributed by atoms with Crippen molar-refractivity contribution in [1.29, 1.82) is 0 Å². The molecule has 0 amide bonds. The number of allylic oxidation sites excluding steroid dienone is 2. The third-order valence-electron chi connectivity index (χ3n) is 5.70. The number of ether oxygens (including phenoxy) is 1. The van der Waals surface area contributed by atoms with Gasteiger partial charge in [0.2, 0.25) is 0 Å². The number of nitrogens with zero attached hydrogens (tertiary/aromatic N) is 1. The van der Waals surface area contributed by atoms with Crippen LogP contribution in [0.3, 0.4) is 0 Å². The van der Waals surface area contributed by atoms with Crippen LogP contribution < -0.4 is 10.1 Å². The van der Waals surface area contributed by atoms with Gasteiger partial charge in [-0.1, -0.05) is 30.4 Å². The highest BCUT2D eigenvalue weighted by atomic mass is 16.6. The first kappa shape index (κ1) is 16.6. The summed E-state index contributed by atoms with van der Waals surface area (Å²) < 4.78 is 5.15. The predicted octanol–water partition coefficient (Wildman–Crippen LogP) is 5.05. The second-order valence-corrected chi connectivity index (χ2v) is 7.15. The van der Waals surface area contributed by atoms with Crippen LogP contribution in [-0.4, -0.2) is 12.0 Å². The van der Waals surface area contributed by atoms with Crippen molar-refractivity contribution in [1.82, 2.24) is 0 Å². The molecule has 0 saturated heterocycles. The van der Waals surface area contributed by atoms with Crippen molar-refractivity contribution in [3.8, 4) is 5.75 Å². The maximum atomic E-state index is 11.4. The first-order chi connectivity index (χ1) is 12.5. The molecule has 2 aromatic rings. The van der Waals surface area contributed by atoms with Crippen LogP contribution in [0.5, 0.6) is 5.75 Å². The van der Waals surface area contributed by atoms with Crippen LogP contribution in [0.4, 0.5) is 11.4 Å². The van der Waals surface area contributed by atoms with Crippen LogP contribution in [0.25, 0.3) is 0 Å². The Balaban J connectivity index is 1.83. The van der Waals surface area contributed by atoms with E-state index in [4.69, 9.17) is 4.74 Å². The quantitative estimate of drug-likeness (QED) is 0.478. The maximum absolute atomic E-state index is 11.4. The van der Waals surface area contributed by atoms with Crippen molar-refractivity contribution in [2.24, 2.45) is 5.92 Å². The Kier molecular flexibility index (Phi) is 3.94. The van der Waals surface area contributed by atoms with Crippen LogP contribution in [-0.2, 0) is 0 Å². The molecule has 0 saturated carbocycles. The molecule has 0 fully saturated rings. The van der Waals surface area contributed by atoms with Crippen LogP contribution in [0.2, 0.25) is 0 Å². The predicted molar refractivity (Wildman–Crippen MR) is 102 cm³/mol. The van der Waals surface area contributed by atoms with E-state index in [0.29, 0.717) is 17.6 Å². The van der Waals surface area contributed by atoms with Crippen LogP contribution >= 0.6 is 0 Å². The Morgan fingerprint density at radius 3 is 2.69 bits per heavy atom. The SMILES string of the molecule is COc1ccc([C@@H]2Nc3c(C)ccc(C)c3[C@H]3C=CC[C@H]32)cc1[N+](=O)[O-]. The van der Waals surface area contributed by atoms with Crippen molar-refractivity contribution in [2.75, 3.05) is 12.4 Å². The molecule has 26 heavy (non-hydrogen) atoms. The number of anilines is 1. The van der Waals surface area contributed by atoms with Gasteiger partial charge in [0.05, 0.1) is 18.1 Å². The van der Waals surface area contributed by atoms with E-state index >= 15 is 0 Å². The van der Waals surface area contributed by atoms with Crippen molar-refractivity contribution < 1.29 is 9.66 Å². The lowest BCUT2D eigenvalue weighted by molar-refractivity contribution is -0.385. The number of methoxy groups -OCH3 is 1. The molecule has 5 heteroatoms. The third-order valence-corrected chi connectivity index (χ3v) is 5.70. The van der Waals surface area contributed by atoms with Gasteiger partial charge in [-0.2, -0.15) is 0 Å². The Labute approximate surface area is 152 Å². The fourth-order valence-corrected chi connectivity index (χ4v) is 4.42. The Morgan fingerprint density at radius 1 is 1.19 bits per heavy atom. The highest BCUT2D eigenvalue weighted by Crippen LogP contribution is 2.52. The zero-order valence-electron chi connectivity index (χ0n) is 15.2. The molecule has 1 aliphatic heterocycles. The van der Waals surface area contributed by atoms with Crippen LogP contribution in [0.15, 0.2) is 42.5 Å². The van der Waals surface area contributed by atoms with E-state index in [1.54, 1.807) is 12.1 Å². The average Bonchev–Trinajstić information content (AvgIpc) is 3.13. The molecule has 0 unspecified atom stereocenters. The largest absolute Gasteiger partial charge is 0.490 e. The first-order valence-electron chi connectivity index (χ1n) is 8.87. The average molecular weight is 350 g/mol. The van der Waals surface area contributed by atoms with Crippen molar-refractivity contribution in [3.63, 3.8) is 0 Å². The zero-order valence-corrected chi connectivity index (χ0v) is 15.2. The van der Waals surface area contributed by atoms with E-state index in [-0.39, 0.29) is 16.7 Å². The molecule has 0 spiro atoms. The van der Waals surface area contributed by atoms with Gasteiger partial charge in [-0.15, -0.1) is 0 Å². The molecular formula is C21H22N2O3. The summed E-state index contributed by atoms with van der Waals surface area (Å²) in [5, 5.41) is 15.1. The first-order valence-corrected chi connectivity index (χ1v) is 8.87. The number of aryl methyl sites for hydroxylation is 2. The van der Waals surface area contributed by atoms with Gasteiger partial charge in [0.25, 0.3) is 0 Å². The fourth-order valence-electron chi connectivity index (χ4n) is 4.42. The minimum Gasteiger partial charge on any atom is -0.490 e. The second-order valence-electron chi connectivity index (χ2n) is 7.15. The normalized spacial score (nSPS) is 23.1. The number of nitro benzene ring substituents is 1. The van der Waals surface area contributed by atoms with E-state index in [1.807, 2.05) is 6.07 Å². The monoisotopic (exact) mass is 350 g/mol. The van der Waals surface area contributed by atoms with Crippen LogP contribution in [0, 0.1) is 29.9 Å². The van der Waals surface area contributed by atoms with Gasteiger partial charge in [0.15, 0.2) is 5.75 Å². The minimum absolute atomic E-state index is 0.0149. The highest BCUT2D eigenvalue weighted by molar-refractivity contribution is 5.66. The van der Waals surface area contributed by atoms with Gasteiger partial charge >= 0.3 is 5.69 Å². The lowest BCUT2D eigenvalue weighted by atomic mass is 9.75. The summed E-state index contributed by atoms with van der Waals surface area (Å²) in [4.78, 5) is 11.1. The second kappa shape index (κ2) is 6.16. The van der Waals surface area contributed by atoms with E-state index in [9.17, 15) is 10.1 Å². The summed E-state index contributed by atoms with van der Waals surface area (Å²) in [5.41, 5.74) is 5.98. The molecule has 1 aliphatic carbocycles. The maximum Gasteiger partial charge on any atom is 0.311 e. The molecule has 4 rings (SSSR count). The zero-order chi connectivity index (χ0) is 18.4. The number of nitrogens with one attached hydrogen (secondary N) is 1. The molecule has 0 radical (unpaired) electrons. The molecule has 2 aromatic carbocycles. The molecular weight excluding hydrogens is 328 g/mol. The van der Waals surface area contributed by atoms with Gasteiger partial charge in [-0.3, -0.25) is 10.1 Å². The number of nitro groups is 1. The van der Waals surface area contributed by atoms with Crippen molar-refractivity contribution in [3.05, 3.63) is 74.9 Å². The minimum atomic E-state index is -0.376.